The van der Waals surface area contributed by atoms with Crippen LogP contribution in [0.4, 0.5) is 0 Å². The Kier molecular flexibility index (Phi) is 15.5. The van der Waals surface area contributed by atoms with Gasteiger partial charge in [0.25, 0.3) is 0 Å². The molecular formula is C73H52IrN3. The second-order valence-corrected chi connectivity index (χ2v) is 19.2. The summed E-state index contributed by atoms with van der Waals surface area (Å²) >= 11 is 0. The van der Waals surface area contributed by atoms with Gasteiger partial charge in [-0.3, -0.25) is 9.97 Å². The van der Waals surface area contributed by atoms with E-state index >= 15 is 0 Å². The Morgan fingerprint density at radius 2 is 0.714 bits per heavy atom. The number of benzene rings is 9. The predicted molar refractivity (Wildman–Crippen MR) is 313 cm³/mol. The second kappa shape index (κ2) is 23.7. The van der Waals surface area contributed by atoms with E-state index in [4.69, 9.17) is 15.0 Å². The van der Waals surface area contributed by atoms with Crippen molar-refractivity contribution in [1.29, 1.82) is 0 Å². The number of hydrogen-bond acceptors (Lipinski definition) is 3. The molecule has 0 N–H and O–H groups in total. The molecule has 0 fully saturated rings. The Labute approximate surface area is 466 Å². The summed E-state index contributed by atoms with van der Waals surface area (Å²) < 4.78 is 0. The zero-order valence-corrected chi connectivity index (χ0v) is 44.8. The zero-order valence-electron chi connectivity index (χ0n) is 42.4. The summed E-state index contributed by atoms with van der Waals surface area (Å²) in [6.07, 6.45) is 5.35. The molecule has 4 heteroatoms. The molecule has 0 aliphatic carbocycles. The van der Waals surface area contributed by atoms with Gasteiger partial charge in [-0.25, -0.2) is 0 Å². The van der Waals surface area contributed by atoms with Crippen molar-refractivity contribution in [3.63, 3.8) is 0 Å². The van der Waals surface area contributed by atoms with Crippen molar-refractivity contribution in [2.75, 3.05) is 0 Å². The van der Waals surface area contributed by atoms with Crippen LogP contribution in [0, 0.1) is 18.2 Å². The first kappa shape index (κ1) is 50.2. The number of pyridine rings is 3. The van der Waals surface area contributed by atoms with Gasteiger partial charge >= 0.3 is 20.1 Å². The molecule has 0 saturated carbocycles. The Bertz CT molecular complexity index is 3730. The van der Waals surface area contributed by atoms with E-state index in [-0.39, 0.29) is 20.1 Å². The molecule has 0 unspecified atom stereocenters. The van der Waals surface area contributed by atoms with Crippen LogP contribution in [0.25, 0.3) is 101 Å². The van der Waals surface area contributed by atoms with Crippen molar-refractivity contribution in [2.45, 2.75) is 25.7 Å². The number of rotatable bonds is 15. The minimum Gasteiger partial charge on any atom is -0.305 e. The monoisotopic (exact) mass is 1160 g/mol. The maximum atomic E-state index is 5.00. The summed E-state index contributed by atoms with van der Waals surface area (Å²) in [7, 11) is 0. The molecule has 12 rings (SSSR count). The second-order valence-electron chi connectivity index (χ2n) is 19.2. The van der Waals surface area contributed by atoms with Crippen LogP contribution in [-0.4, -0.2) is 15.0 Å². The molecule has 0 aliphatic heterocycles. The van der Waals surface area contributed by atoms with Gasteiger partial charge in [-0.15, -0.1) is 94.5 Å². The molecule has 0 aliphatic rings. The van der Waals surface area contributed by atoms with Gasteiger partial charge in [0.2, 0.25) is 0 Å². The summed E-state index contributed by atoms with van der Waals surface area (Å²) in [6, 6.07) is 103. The van der Waals surface area contributed by atoms with Crippen LogP contribution in [0.2, 0.25) is 0 Å². The molecule has 0 spiro atoms. The fourth-order valence-electron chi connectivity index (χ4n) is 10.1. The van der Waals surface area contributed by atoms with Crippen molar-refractivity contribution in [2.24, 2.45) is 0 Å². The fraction of sp³-hybridized carbons (Fsp3) is 0.0548. The molecule has 0 amide bonds. The summed E-state index contributed by atoms with van der Waals surface area (Å²) in [5.74, 6) is 0. The van der Waals surface area contributed by atoms with E-state index in [1.54, 1.807) is 0 Å². The van der Waals surface area contributed by atoms with E-state index in [0.29, 0.717) is 0 Å². The molecule has 0 atom stereocenters. The normalized spacial score (nSPS) is 11.0. The van der Waals surface area contributed by atoms with Gasteiger partial charge in [-0.2, -0.15) is 0 Å². The Morgan fingerprint density at radius 3 is 1.25 bits per heavy atom. The first-order valence-electron chi connectivity index (χ1n) is 26.1. The average molecular weight is 1160 g/mol. The Hall–Kier alpha value is -8.92. The summed E-state index contributed by atoms with van der Waals surface area (Å²) in [4.78, 5) is 14.7. The third-order valence-corrected chi connectivity index (χ3v) is 14.1. The van der Waals surface area contributed by atoms with Gasteiger partial charge in [0.15, 0.2) is 0 Å². The zero-order chi connectivity index (χ0) is 50.9. The molecule has 368 valence electrons. The molecule has 3 aromatic heterocycles. The van der Waals surface area contributed by atoms with E-state index < -0.39 is 0 Å². The molecule has 9 aromatic carbocycles. The molecule has 77 heavy (non-hydrogen) atoms. The minimum absolute atomic E-state index is 0. The first-order valence-corrected chi connectivity index (χ1v) is 26.1. The van der Waals surface area contributed by atoms with Crippen LogP contribution < -0.4 is 0 Å². The van der Waals surface area contributed by atoms with Gasteiger partial charge in [0.1, 0.15) is 0 Å². The minimum atomic E-state index is 0. The van der Waals surface area contributed by atoms with Crippen LogP contribution in [0.5, 0.6) is 0 Å². The first-order chi connectivity index (χ1) is 37.6. The van der Waals surface area contributed by atoms with Gasteiger partial charge in [0.05, 0.1) is 11.4 Å². The van der Waals surface area contributed by atoms with Crippen LogP contribution in [-0.2, 0) is 45.8 Å². The maximum absolute atomic E-state index is 5.00. The molecule has 3 nitrogen and oxygen atoms in total. The molecule has 12 aromatic rings. The average Bonchev–Trinajstić information content (AvgIpc) is 3.51. The van der Waals surface area contributed by atoms with Gasteiger partial charge in [-0.05, 0) is 98.2 Å². The maximum Gasteiger partial charge on any atom is 3.00 e. The molecule has 0 saturated heterocycles. The topological polar surface area (TPSA) is 38.7 Å². The summed E-state index contributed by atoms with van der Waals surface area (Å²) in [6.45, 7) is 0. The van der Waals surface area contributed by atoms with Gasteiger partial charge in [0, 0.05) is 6.20 Å². The van der Waals surface area contributed by atoms with Crippen LogP contribution in [0.15, 0.2) is 267 Å². The predicted octanol–water partition coefficient (Wildman–Crippen LogP) is 17.8. The number of aromatic nitrogens is 3. The van der Waals surface area contributed by atoms with Crippen molar-refractivity contribution in [1.82, 2.24) is 15.0 Å². The third-order valence-electron chi connectivity index (χ3n) is 14.1. The molecule has 0 radical (unpaired) electrons. The number of hydrogen-bond donors (Lipinski definition) is 0. The van der Waals surface area contributed by atoms with Gasteiger partial charge in [-0.1, -0.05) is 224 Å². The summed E-state index contributed by atoms with van der Waals surface area (Å²) in [5.41, 5.74) is 24.1. The smallest absolute Gasteiger partial charge is 0.305 e. The van der Waals surface area contributed by atoms with E-state index in [1.165, 1.54) is 44.5 Å². The van der Waals surface area contributed by atoms with E-state index in [9.17, 15) is 0 Å². The van der Waals surface area contributed by atoms with Crippen molar-refractivity contribution in [3.05, 3.63) is 308 Å². The molecular weight excluding hydrogens is 1110 g/mol. The van der Waals surface area contributed by atoms with E-state index in [1.807, 2.05) is 30.5 Å². The molecule has 0 bridgehead atoms. The van der Waals surface area contributed by atoms with Crippen molar-refractivity contribution >= 4 is 0 Å². The molecule has 3 heterocycles. The SMILES string of the molecule is [Ir+3].[c-]1cc(-c2ccccc2-c2cc(CCc3c[c-]c(-c4cccc(-c5ccccc5)n4)cc3)cc(CCc3c[c-]c(-c4cccc(-c5ccccc5)n4)cc3)c2)c(-c2ccc(-c3ccccc3)cc2)cc1-c1ccccn1. The Balaban J connectivity index is 0.00000631. The van der Waals surface area contributed by atoms with E-state index in [0.717, 1.165) is 104 Å². The van der Waals surface area contributed by atoms with E-state index in [2.05, 4.69) is 255 Å². The fourth-order valence-corrected chi connectivity index (χ4v) is 10.1. The standard InChI is InChI=1S/C73H52N3.Ir/c1-4-16-56(17-5-1)57-41-43-58(44-42-57)68-51-63(69-24-12-13-47-74-69)45-46-67(68)66-23-11-10-22-65(66)64-49-54(31-29-52-33-37-61(38-34-52)72-27-14-25-70(75-72)59-18-6-2-7-19-59)48-55(50-64)32-30-53-35-39-62(40-36-53)73-28-15-26-71(76-73)60-20-8-3-9-21-60;/h1-28,33-37,39,41-44,46-51H,29-32H2;/q-3;+3. The van der Waals surface area contributed by atoms with Crippen LogP contribution >= 0.6 is 0 Å². The number of aryl methyl sites for hydroxylation is 4. The van der Waals surface area contributed by atoms with Crippen LogP contribution in [0.1, 0.15) is 22.3 Å². The van der Waals surface area contributed by atoms with Gasteiger partial charge < -0.3 is 4.98 Å². The third kappa shape index (κ3) is 11.8. The Morgan fingerprint density at radius 1 is 0.260 bits per heavy atom. The number of nitrogens with zero attached hydrogens (tertiary/aromatic N) is 3. The van der Waals surface area contributed by atoms with Crippen molar-refractivity contribution in [3.8, 4) is 101 Å². The largest absolute Gasteiger partial charge is 3.00 e. The quantitative estimate of drug-likeness (QED) is 0.0960. The summed E-state index contributed by atoms with van der Waals surface area (Å²) in [5, 5.41) is 0. The van der Waals surface area contributed by atoms with Crippen LogP contribution in [0.3, 0.4) is 0 Å². The van der Waals surface area contributed by atoms with Crippen molar-refractivity contribution < 1.29 is 20.1 Å².